The Hall–Kier alpha value is -0.760. The molecule has 0 spiro atoms. The summed E-state index contributed by atoms with van der Waals surface area (Å²) >= 11 is 0. The first-order valence-electron chi connectivity index (χ1n) is 26.6. The third-order valence-corrected chi connectivity index (χ3v) is 13.2. The summed E-state index contributed by atoms with van der Waals surface area (Å²) in [6.07, 6.45) is 52.8. The van der Waals surface area contributed by atoms with E-state index < -0.39 is 20.0 Å². The number of unbranched alkanes of at least 4 members (excludes halogenated alkanes) is 36. The van der Waals surface area contributed by atoms with E-state index in [-0.39, 0.29) is 19.1 Å². The first kappa shape index (κ1) is 60.2. The molecule has 364 valence electrons. The molecule has 0 aliphatic heterocycles. The zero-order valence-corrected chi connectivity index (χ0v) is 42.3. The Morgan fingerprint density at radius 3 is 1.23 bits per heavy atom. The molecule has 0 rings (SSSR count). The van der Waals surface area contributed by atoms with E-state index in [0.29, 0.717) is 17.4 Å². The molecule has 0 saturated carbocycles. The number of phosphoric acid groups is 1. The predicted molar refractivity (Wildman–Crippen MR) is 261 cm³/mol. The average molecular weight is 885 g/mol. The van der Waals surface area contributed by atoms with Crippen LogP contribution in [-0.4, -0.2) is 68.5 Å². The lowest BCUT2D eigenvalue weighted by Gasteiger charge is -2.29. The van der Waals surface area contributed by atoms with E-state index in [9.17, 15) is 19.4 Å². The second-order valence-corrected chi connectivity index (χ2v) is 21.0. The van der Waals surface area contributed by atoms with E-state index in [2.05, 4.69) is 19.2 Å². The number of aliphatic hydroxyl groups is 1. The summed E-state index contributed by atoms with van der Waals surface area (Å²) in [6, 6.07) is -0.880. The molecule has 0 fully saturated rings. The van der Waals surface area contributed by atoms with Gasteiger partial charge in [0.15, 0.2) is 0 Å². The summed E-state index contributed by atoms with van der Waals surface area (Å²) in [5.41, 5.74) is 0. The van der Waals surface area contributed by atoms with Crippen molar-refractivity contribution in [2.45, 2.75) is 276 Å². The van der Waals surface area contributed by atoms with Crippen molar-refractivity contribution in [2.24, 2.45) is 0 Å². The number of aliphatic hydroxyl groups excluding tert-OH is 1. The van der Waals surface area contributed by atoms with Gasteiger partial charge in [-0.1, -0.05) is 251 Å². The lowest BCUT2D eigenvalue weighted by atomic mass is 10.0. The summed E-state index contributed by atoms with van der Waals surface area (Å²) in [4.78, 5) is 25.4. The fraction of sp³-hybridized carbons (Fsp3) is 0.942. The van der Waals surface area contributed by atoms with Gasteiger partial charge < -0.3 is 28.8 Å². The molecule has 3 atom stereocenters. The fourth-order valence-electron chi connectivity index (χ4n) is 8.04. The smallest absolute Gasteiger partial charge is 0.268 e. The van der Waals surface area contributed by atoms with E-state index in [1.165, 1.54) is 205 Å². The minimum atomic E-state index is -4.58. The molecule has 0 aromatic rings. The topological polar surface area (TPSA) is 108 Å². The monoisotopic (exact) mass is 885 g/mol. The molecule has 2 N–H and O–H groups in total. The zero-order chi connectivity index (χ0) is 45.0. The number of hydrogen-bond donors (Lipinski definition) is 2. The first-order valence-corrected chi connectivity index (χ1v) is 28.0. The SMILES string of the molecule is CCCCCCCCCCCCC/C=C/C(O)C(COP(=O)([O-])OCC[N+](C)(C)C)NC(=O)CCCCCCCCCCCCCCCCCCCCCCCCCCCC. The molecule has 8 nitrogen and oxygen atoms in total. The van der Waals surface area contributed by atoms with Crippen molar-refractivity contribution in [1.29, 1.82) is 0 Å². The van der Waals surface area contributed by atoms with E-state index in [1.54, 1.807) is 6.08 Å². The number of nitrogens with one attached hydrogen (secondary N) is 1. The third kappa shape index (κ3) is 47.0. The fourth-order valence-corrected chi connectivity index (χ4v) is 8.76. The summed E-state index contributed by atoms with van der Waals surface area (Å²) in [6.45, 7) is 4.68. The maximum Gasteiger partial charge on any atom is 0.268 e. The summed E-state index contributed by atoms with van der Waals surface area (Å²) in [5.74, 6) is -0.192. The predicted octanol–water partition coefficient (Wildman–Crippen LogP) is 14.8. The van der Waals surface area contributed by atoms with E-state index in [0.717, 1.165) is 38.5 Å². The minimum Gasteiger partial charge on any atom is -0.756 e. The number of allylic oxidation sites excluding steroid dienone is 1. The van der Waals surface area contributed by atoms with E-state index in [4.69, 9.17) is 9.05 Å². The standard InChI is InChI=1S/C52H105N2O6P/c1-6-8-10-12-14-16-18-20-21-22-23-24-25-26-27-28-29-30-31-32-34-36-38-40-42-44-46-52(56)53-50(49-60-61(57,58)59-48-47-54(3,4)5)51(55)45-43-41-39-37-35-33-19-17-15-13-11-9-7-2/h43,45,50-51,55H,6-42,44,46-49H2,1-5H3,(H-,53,56,57,58)/b45-43+. The number of hydrogen-bond acceptors (Lipinski definition) is 6. The van der Waals surface area contributed by atoms with Crippen LogP contribution in [0.15, 0.2) is 12.2 Å². The van der Waals surface area contributed by atoms with Crippen LogP contribution in [0.5, 0.6) is 0 Å². The Balaban J connectivity index is 4.11. The van der Waals surface area contributed by atoms with Gasteiger partial charge in [-0.05, 0) is 19.3 Å². The second-order valence-electron chi connectivity index (χ2n) is 19.6. The molecular formula is C52H105N2O6P. The van der Waals surface area contributed by atoms with Gasteiger partial charge in [0.2, 0.25) is 5.91 Å². The normalized spacial score (nSPS) is 14.1. The van der Waals surface area contributed by atoms with Crippen molar-refractivity contribution < 1.29 is 32.9 Å². The van der Waals surface area contributed by atoms with E-state index >= 15 is 0 Å². The number of phosphoric ester groups is 1. The van der Waals surface area contributed by atoms with Crippen LogP contribution in [0.4, 0.5) is 0 Å². The van der Waals surface area contributed by atoms with Gasteiger partial charge in [-0.3, -0.25) is 9.36 Å². The number of rotatable bonds is 49. The molecule has 0 saturated heterocycles. The van der Waals surface area contributed by atoms with Gasteiger partial charge in [-0.15, -0.1) is 0 Å². The molecule has 9 heteroatoms. The van der Waals surface area contributed by atoms with Crippen LogP contribution in [-0.2, 0) is 18.4 Å². The Morgan fingerprint density at radius 1 is 0.557 bits per heavy atom. The van der Waals surface area contributed by atoms with Crippen molar-refractivity contribution in [3.63, 3.8) is 0 Å². The van der Waals surface area contributed by atoms with Gasteiger partial charge in [-0.25, -0.2) is 0 Å². The lowest BCUT2D eigenvalue weighted by Crippen LogP contribution is -2.45. The molecule has 0 aliphatic rings. The second kappa shape index (κ2) is 44.4. The van der Waals surface area contributed by atoms with Gasteiger partial charge in [0.05, 0.1) is 39.9 Å². The van der Waals surface area contributed by atoms with Gasteiger partial charge in [-0.2, -0.15) is 0 Å². The Labute approximate surface area is 380 Å². The Bertz CT molecular complexity index is 1000. The number of carbonyl (C=O) groups is 1. The van der Waals surface area contributed by atoms with Gasteiger partial charge >= 0.3 is 0 Å². The molecule has 0 aliphatic carbocycles. The number of quaternary nitrogens is 1. The van der Waals surface area contributed by atoms with Crippen LogP contribution in [0.2, 0.25) is 0 Å². The molecule has 0 bridgehead atoms. The maximum absolute atomic E-state index is 12.9. The molecule has 0 radical (unpaired) electrons. The molecule has 0 aromatic heterocycles. The highest BCUT2D eigenvalue weighted by molar-refractivity contribution is 7.45. The van der Waals surface area contributed by atoms with Crippen LogP contribution >= 0.6 is 7.82 Å². The van der Waals surface area contributed by atoms with Crippen molar-refractivity contribution in [3.05, 3.63) is 12.2 Å². The first-order chi connectivity index (χ1) is 29.5. The molecular weight excluding hydrogens is 780 g/mol. The highest BCUT2D eigenvalue weighted by atomic mass is 31.2. The quantitative estimate of drug-likeness (QED) is 0.0273. The largest absolute Gasteiger partial charge is 0.756 e. The minimum absolute atomic E-state index is 0.00231. The van der Waals surface area contributed by atoms with Crippen LogP contribution in [0.3, 0.4) is 0 Å². The van der Waals surface area contributed by atoms with Crippen molar-refractivity contribution in [3.8, 4) is 0 Å². The summed E-state index contributed by atoms with van der Waals surface area (Å²) < 4.78 is 23.3. The molecule has 61 heavy (non-hydrogen) atoms. The molecule has 0 aromatic carbocycles. The highest BCUT2D eigenvalue weighted by Crippen LogP contribution is 2.38. The van der Waals surface area contributed by atoms with Gasteiger partial charge in [0.1, 0.15) is 13.2 Å². The summed E-state index contributed by atoms with van der Waals surface area (Å²) in [7, 11) is 1.27. The van der Waals surface area contributed by atoms with Crippen molar-refractivity contribution >= 4 is 13.7 Å². The van der Waals surface area contributed by atoms with Crippen LogP contribution in [0.1, 0.15) is 264 Å². The zero-order valence-electron chi connectivity index (χ0n) is 41.4. The lowest BCUT2D eigenvalue weighted by molar-refractivity contribution is -0.870. The molecule has 1 amide bonds. The van der Waals surface area contributed by atoms with Crippen molar-refractivity contribution in [1.82, 2.24) is 5.32 Å². The molecule has 0 heterocycles. The van der Waals surface area contributed by atoms with Crippen molar-refractivity contribution in [2.75, 3.05) is 40.9 Å². The van der Waals surface area contributed by atoms with Crippen LogP contribution < -0.4 is 10.2 Å². The highest BCUT2D eigenvalue weighted by Gasteiger charge is 2.23. The number of amides is 1. The maximum atomic E-state index is 12.9. The van der Waals surface area contributed by atoms with Gasteiger partial charge in [0.25, 0.3) is 7.82 Å². The Morgan fingerprint density at radius 2 is 0.885 bits per heavy atom. The Kier molecular flexibility index (Phi) is 43.9. The number of carbonyl (C=O) groups excluding carboxylic acids is 1. The average Bonchev–Trinajstić information content (AvgIpc) is 3.21. The van der Waals surface area contributed by atoms with Gasteiger partial charge in [0, 0.05) is 6.42 Å². The van der Waals surface area contributed by atoms with Crippen LogP contribution in [0.25, 0.3) is 0 Å². The van der Waals surface area contributed by atoms with E-state index in [1.807, 2.05) is 27.2 Å². The molecule has 3 unspecified atom stereocenters. The number of nitrogens with zero attached hydrogens (tertiary/aromatic N) is 1. The van der Waals surface area contributed by atoms with Crippen LogP contribution in [0, 0.1) is 0 Å². The third-order valence-electron chi connectivity index (χ3n) is 12.2. The number of likely N-dealkylation sites (N-methyl/N-ethyl adjacent to an activating group) is 1. The summed E-state index contributed by atoms with van der Waals surface area (Å²) in [5, 5.41) is 13.8.